The number of benzene rings is 1. The molecule has 0 bridgehead atoms. The number of rotatable bonds is 2. The lowest BCUT2D eigenvalue weighted by atomic mass is 10.3. The summed E-state index contributed by atoms with van der Waals surface area (Å²) in [6, 6.07) is 7.82. The molecule has 0 N–H and O–H groups in total. The molecule has 0 unspecified atom stereocenters. The van der Waals surface area contributed by atoms with Crippen LogP contribution in [-0.2, 0) is 5.75 Å². The predicted octanol–water partition coefficient (Wildman–Crippen LogP) is 2.69. The average Bonchev–Trinajstić information content (AvgIpc) is 2.47. The van der Waals surface area contributed by atoms with E-state index in [-0.39, 0.29) is 0 Å². The van der Waals surface area contributed by atoms with Crippen molar-refractivity contribution < 1.29 is 4.42 Å². The number of nitrogens with zero attached hydrogens (tertiary/aromatic N) is 1. The molecule has 0 radical (unpaired) electrons. The van der Waals surface area contributed by atoms with Crippen LogP contribution in [0.1, 0.15) is 5.89 Å². The van der Waals surface area contributed by atoms with Gasteiger partial charge < -0.3 is 4.42 Å². The third kappa shape index (κ3) is 1.32. The normalized spacial score (nSPS) is 10.8. The summed E-state index contributed by atoms with van der Waals surface area (Å²) in [4.78, 5) is 4.31. The summed E-state index contributed by atoms with van der Waals surface area (Å²) in [5.74, 6) is 1.65. The number of thioether (sulfide) groups is 1. The minimum Gasteiger partial charge on any atom is -0.440 e. The van der Waals surface area contributed by atoms with Gasteiger partial charge in [-0.25, -0.2) is 4.98 Å². The molecule has 12 heavy (non-hydrogen) atoms. The first kappa shape index (κ1) is 7.68. The first-order chi connectivity index (χ1) is 5.90. The maximum atomic E-state index is 5.48. The third-order valence-electron chi connectivity index (χ3n) is 1.61. The van der Waals surface area contributed by atoms with E-state index in [4.69, 9.17) is 4.42 Å². The molecule has 0 saturated heterocycles. The van der Waals surface area contributed by atoms with Crippen molar-refractivity contribution in [3.8, 4) is 0 Å². The Morgan fingerprint density at radius 2 is 2.25 bits per heavy atom. The Bertz CT molecular complexity index is 350. The molecule has 2 rings (SSSR count). The van der Waals surface area contributed by atoms with E-state index in [2.05, 4.69) is 4.98 Å². The number of hydrogen-bond acceptors (Lipinski definition) is 3. The molecule has 2 aromatic rings. The van der Waals surface area contributed by atoms with Gasteiger partial charge in [-0.1, -0.05) is 12.1 Å². The van der Waals surface area contributed by atoms with Crippen molar-refractivity contribution in [2.45, 2.75) is 5.75 Å². The molecular formula is C9H9NOS. The van der Waals surface area contributed by atoms with Crippen LogP contribution in [0.5, 0.6) is 0 Å². The molecule has 2 nitrogen and oxygen atoms in total. The van der Waals surface area contributed by atoms with E-state index < -0.39 is 0 Å². The van der Waals surface area contributed by atoms with Gasteiger partial charge in [-0.2, -0.15) is 11.8 Å². The minimum atomic E-state index is 0.809. The SMILES string of the molecule is CSCc1nc2ccccc2o1. The highest BCUT2D eigenvalue weighted by atomic mass is 32.2. The molecule has 62 valence electrons. The second kappa shape index (κ2) is 3.19. The Hall–Kier alpha value is -0.960. The van der Waals surface area contributed by atoms with Crippen LogP contribution in [0.2, 0.25) is 0 Å². The molecule has 0 amide bonds. The second-order valence-corrected chi connectivity index (χ2v) is 3.37. The summed E-state index contributed by atoms with van der Waals surface area (Å²) in [7, 11) is 0. The molecule has 3 heteroatoms. The van der Waals surface area contributed by atoms with Crippen molar-refractivity contribution in [3.63, 3.8) is 0 Å². The van der Waals surface area contributed by atoms with Crippen molar-refractivity contribution >= 4 is 22.9 Å². The van der Waals surface area contributed by atoms with Gasteiger partial charge in [0, 0.05) is 0 Å². The lowest BCUT2D eigenvalue weighted by Crippen LogP contribution is -1.75. The van der Waals surface area contributed by atoms with Crippen molar-refractivity contribution in [3.05, 3.63) is 30.2 Å². The van der Waals surface area contributed by atoms with Gasteiger partial charge in [0.05, 0.1) is 5.75 Å². The van der Waals surface area contributed by atoms with Gasteiger partial charge in [-0.05, 0) is 18.4 Å². The Labute approximate surface area is 75.0 Å². The summed E-state index contributed by atoms with van der Waals surface area (Å²) in [5.41, 5.74) is 1.82. The fourth-order valence-electron chi connectivity index (χ4n) is 1.11. The molecule has 0 aliphatic carbocycles. The number of hydrogen-bond donors (Lipinski definition) is 0. The van der Waals surface area contributed by atoms with E-state index in [0.717, 1.165) is 22.7 Å². The second-order valence-electron chi connectivity index (χ2n) is 2.51. The topological polar surface area (TPSA) is 26.0 Å². The van der Waals surface area contributed by atoms with E-state index in [0.29, 0.717) is 0 Å². The highest BCUT2D eigenvalue weighted by Gasteiger charge is 2.02. The highest BCUT2D eigenvalue weighted by Crippen LogP contribution is 2.17. The highest BCUT2D eigenvalue weighted by molar-refractivity contribution is 7.97. The van der Waals surface area contributed by atoms with Gasteiger partial charge in [-0.3, -0.25) is 0 Å². The molecule has 1 heterocycles. The lowest BCUT2D eigenvalue weighted by Gasteiger charge is -1.85. The van der Waals surface area contributed by atoms with Crippen LogP contribution in [0, 0.1) is 0 Å². The van der Waals surface area contributed by atoms with E-state index in [1.807, 2.05) is 30.5 Å². The van der Waals surface area contributed by atoms with Gasteiger partial charge in [0.1, 0.15) is 5.52 Å². The maximum Gasteiger partial charge on any atom is 0.205 e. The number of aromatic nitrogens is 1. The zero-order valence-corrected chi connectivity index (χ0v) is 7.60. The summed E-state index contributed by atoms with van der Waals surface area (Å²) in [5, 5.41) is 0. The van der Waals surface area contributed by atoms with Crippen molar-refractivity contribution in [1.29, 1.82) is 0 Å². The van der Waals surface area contributed by atoms with Crippen molar-refractivity contribution in [2.24, 2.45) is 0 Å². The summed E-state index contributed by atoms with van der Waals surface area (Å²) >= 11 is 1.71. The summed E-state index contributed by atoms with van der Waals surface area (Å²) < 4.78 is 5.48. The predicted molar refractivity (Wildman–Crippen MR) is 51.2 cm³/mol. The molecule has 0 atom stereocenters. The summed E-state index contributed by atoms with van der Waals surface area (Å²) in [6.07, 6.45) is 2.04. The molecular weight excluding hydrogens is 170 g/mol. The maximum absolute atomic E-state index is 5.48. The van der Waals surface area contributed by atoms with E-state index in [9.17, 15) is 0 Å². The summed E-state index contributed by atoms with van der Waals surface area (Å²) in [6.45, 7) is 0. The standard InChI is InChI=1S/C9H9NOS/c1-12-6-9-10-7-4-2-3-5-8(7)11-9/h2-5H,6H2,1H3. The lowest BCUT2D eigenvalue weighted by molar-refractivity contribution is 0.556. The largest absolute Gasteiger partial charge is 0.440 e. The zero-order chi connectivity index (χ0) is 8.39. The number of oxazole rings is 1. The van der Waals surface area contributed by atoms with Crippen LogP contribution >= 0.6 is 11.8 Å². The first-order valence-corrected chi connectivity index (χ1v) is 5.13. The van der Waals surface area contributed by atoms with Crippen LogP contribution in [-0.4, -0.2) is 11.2 Å². The van der Waals surface area contributed by atoms with Gasteiger partial charge in [0.2, 0.25) is 5.89 Å². The van der Waals surface area contributed by atoms with Crippen LogP contribution in [0.3, 0.4) is 0 Å². The Kier molecular flexibility index (Phi) is 2.04. The monoisotopic (exact) mass is 179 g/mol. The molecule has 0 spiro atoms. The Balaban J connectivity index is 2.47. The zero-order valence-electron chi connectivity index (χ0n) is 6.78. The van der Waals surface area contributed by atoms with Crippen LogP contribution in [0.4, 0.5) is 0 Å². The van der Waals surface area contributed by atoms with Crippen LogP contribution in [0.15, 0.2) is 28.7 Å². The Morgan fingerprint density at radius 3 is 3.00 bits per heavy atom. The Morgan fingerprint density at radius 1 is 1.42 bits per heavy atom. The van der Waals surface area contributed by atoms with Crippen LogP contribution in [0.25, 0.3) is 11.1 Å². The molecule has 1 aromatic carbocycles. The molecule has 0 aliphatic rings. The van der Waals surface area contributed by atoms with Gasteiger partial charge >= 0.3 is 0 Å². The smallest absolute Gasteiger partial charge is 0.205 e. The van der Waals surface area contributed by atoms with Gasteiger partial charge in [0.25, 0.3) is 0 Å². The molecule has 0 saturated carbocycles. The molecule has 0 aliphatic heterocycles. The van der Waals surface area contributed by atoms with Gasteiger partial charge in [0.15, 0.2) is 5.58 Å². The van der Waals surface area contributed by atoms with Gasteiger partial charge in [-0.15, -0.1) is 0 Å². The van der Waals surface area contributed by atoms with E-state index in [1.165, 1.54) is 0 Å². The average molecular weight is 179 g/mol. The van der Waals surface area contributed by atoms with E-state index >= 15 is 0 Å². The van der Waals surface area contributed by atoms with Crippen LogP contribution < -0.4 is 0 Å². The number of fused-ring (bicyclic) bond motifs is 1. The number of para-hydroxylation sites is 2. The quantitative estimate of drug-likeness (QED) is 0.709. The molecule has 0 fully saturated rings. The van der Waals surface area contributed by atoms with Crippen molar-refractivity contribution in [1.82, 2.24) is 4.98 Å². The minimum absolute atomic E-state index is 0.809. The fraction of sp³-hybridized carbons (Fsp3) is 0.222. The molecule has 1 aromatic heterocycles. The first-order valence-electron chi connectivity index (χ1n) is 3.73. The van der Waals surface area contributed by atoms with Crippen molar-refractivity contribution in [2.75, 3.05) is 6.26 Å². The third-order valence-corrected chi connectivity index (χ3v) is 2.14. The fourth-order valence-corrected chi connectivity index (χ4v) is 1.48. The van der Waals surface area contributed by atoms with E-state index in [1.54, 1.807) is 11.8 Å².